The highest BCUT2D eigenvalue weighted by Crippen LogP contribution is 2.30. The Kier molecular flexibility index (Phi) is 6.05. The standard InChI is InChI=1S/C14H25N3S/c1-2-3-4-8-11-18-14-15-12-16-17(14)13-9-6-5-7-10-13/h12-13H,2-11H2,1H3. The fourth-order valence-corrected chi connectivity index (χ4v) is 3.59. The van der Waals surface area contributed by atoms with E-state index in [1.807, 2.05) is 11.8 Å². The van der Waals surface area contributed by atoms with Gasteiger partial charge < -0.3 is 0 Å². The summed E-state index contributed by atoms with van der Waals surface area (Å²) in [5.74, 6) is 1.19. The van der Waals surface area contributed by atoms with Gasteiger partial charge in [0.1, 0.15) is 6.33 Å². The molecule has 18 heavy (non-hydrogen) atoms. The monoisotopic (exact) mass is 267 g/mol. The lowest BCUT2D eigenvalue weighted by Crippen LogP contribution is -2.15. The lowest BCUT2D eigenvalue weighted by Gasteiger charge is -2.22. The molecule has 1 aliphatic rings. The summed E-state index contributed by atoms with van der Waals surface area (Å²) in [6.45, 7) is 2.26. The SMILES string of the molecule is CCCCCCSc1ncnn1C1CCCCC1. The summed E-state index contributed by atoms with van der Waals surface area (Å²) in [5.41, 5.74) is 0. The van der Waals surface area contributed by atoms with Gasteiger partial charge in [-0.1, -0.05) is 57.2 Å². The lowest BCUT2D eigenvalue weighted by molar-refractivity contribution is 0.310. The lowest BCUT2D eigenvalue weighted by atomic mass is 9.96. The zero-order valence-corrected chi connectivity index (χ0v) is 12.3. The average molecular weight is 267 g/mol. The molecule has 1 aromatic heterocycles. The molecule has 0 radical (unpaired) electrons. The fourth-order valence-electron chi connectivity index (χ4n) is 2.61. The Labute approximate surface area is 115 Å². The second kappa shape index (κ2) is 7.82. The van der Waals surface area contributed by atoms with E-state index >= 15 is 0 Å². The number of hydrogen-bond acceptors (Lipinski definition) is 3. The van der Waals surface area contributed by atoms with Crippen molar-refractivity contribution >= 4 is 11.8 Å². The smallest absolute Gasteiger partial charge is 0.186 e. The number of nitrogens with zero attached hydrogens (tertiary/aromatic N) is 3. The number of hydrogen-bond donors (Lipinski definition) is 0. The van der Waals surface area contributed by atoms with Crippen LogP contribution in [0.1, 0.15) is 70.8 Å². The maximum absolute atomic E-state index is 4.44. The zero-order valence-electron chi connectivity index (χ0n) is 11.5. The first-order chi connectivity index (χ1) is 8.92. The zero-order chi connectivity index (χ0) is 12.6. The minimum absolute atomic E-state index is 0.611. The molecule has 0 saturated heterocycles. The van der Waals surface area contributed by atoms with Gasteiger partial charge in [0.05, 0.1) is 6.04 Å². The molecule has 3 nitrogen and oxygen atoms in total. The van der Waals surface area contributed by atoms with Crippen LogP contribution in [0.25, 0.3) is 0 Å². The van der Waals surface area contributed by atoms with E-state index in [4.69, 9.17) is 0 Å². The third-order valence-corrected chi connectivity index (χ3v) is 4.73. The molecule has 1 saturated carbocycles. The topological polar surface area (TPSA) is 30.7 Å². The second-order valence-corrected chi connectivity index (χ2v) is 6.25. The van der Waals surface area contributed by atoms with Crippen molar-refractivity contribution in [3.05, 3.63) is 6.33 Å². The molecule has 1 fully saturated rings. The molecule has 0 unspecified atom stereocenters. The van der Waals surface area contributed by atoms with Crippen LogP contribution in [0.3, 0.4) is 0 Å². The first-order valence-corrected chi connectivity index (χ1v) is 8.42. The van der Waals surface area contributed by atoms with Crippen LogP contribution in [0.5, 0.6) is 0 Å². The highest BCUT2D eigenvalue weighted by Gasteiger charge is 2.18. The van der Waals surface area contributed by atoms with Gasteiger partial charge in [-0.2, -0.15) is 5.10 Å². The number of aromatic nitrogens is 3. The molecular weight excluding hydrogens is 242 g/mol. The molecule has 0 N–H and O–H groups in total. The van der Waals surface area contributed by atoms with Crippen LogP contribution in [0.4, 0.5) is 0 Å². The quantitative estimate of drug-likeness (QED) is 0.540. The number of rotatable bonds is 7. The van der Waals surface area contributed by atoms with Gasteiger partial charge in [-0.05, 0) is 19.3 Å². The maximum atomic E-state index is 4.44. The van der Waals surface area contributed by atoms with Crippen LogP contribution in [0, 0.1) is 0 Å². The molecular formula is C14H25N3S. The largest absolute Gasteiger partial charge is 0.238 e. The van der Waals surface area contributed by atoms with Gasteiger partial charge in [-0.15, -0.1) is 0 Å². The van der Waals surface area contributed by atoms with Crippen LogP contribution in [0.2, 0.25) is 0 Å². The highest BCUT2D eigenvalue weighted by molar-refractivity contribution is 7.99. The van der Waals surface area contributed by atoms with E-state index in [9.17, 15) is 0 Å². The van der Waals surface area contributed by atoms with E-state index < -0.39 is 0 Å². The van der Waals surface area contributed by atoms with Crippen molar-refractivity contribution in [2.24, 2.45) is 0 Å². The van der Waals surface area contributed by atoms with Crippen molar-refractivity contribution in [2.45, 2.75) is 75.9 Å². The second-order valence-electron chi connectivity index (χ2n) is 5.19. The Bertz CT molecular complexity index is 332. The molecule has 0 atom stereocenters. The van der Waals surface area contributed by atoms with Crippen molar-refractivity contribution in [3.8, 4) is 0 Å². The molecule has 102 valence electrons. The third kappa shape index (κ3) is 4.01. The van der Waals surface area contributed by atoms with Crippen LogP contribution in [0.15, 0.2) is 11.5 Å². The van der Waals surface area contributed by atoms with Crippen molar-refractivity contribution in [1.82, 2.24) is 14.8 Å². The normalized spacial score (nSPS) is 17.2. The van der Waals surface area contributed by atoms with E-state index in [-0.39, 0.29) is 0 Å². The summed E-state index contributed by atoms with van der Waals surface area (Å²) >= 11 is 1.89. The summed E-state index contributed by atoms with van der Waals surface area (Å²) in [7, 11) is 0. The summed E-state index contributed by atoms with van der Waals surface area (Å²) in [5, 5.41) is 5.58. The number of unbranched alkanes of at least 4 members (excludes halogenated alkanes) is 3. The van der Waals surface area contributed by atoms with Gasteiger partial charge in [0, 0.05) is 5.75 Å². The van der Waals surface area contributed by atoms with E-state index in [2.05, 4.69) is 21.7 Å². The van der Waals surface area contributed by atoms with Crippen molar-refractivity contribution in [3.63, 3.8) is 0 Å². The minimum Gasteiger partial charge on any atom is -0.238 e. The van der Waals surface area contributed by atoms with Gasteiger partial charge >= 0.3 is 0 Å². The maximum Gasteiger partial charge on any atom is 0.186 e. The third-order valence-electron chi connectivity index (χ3n) is 3.69. The molecule has 1 heterocycles. The number of thioether (sulfide) groups is 1. The highest BCUT2D eigenvalue weighted by atomic mass is 32.2. The molecule has 0 aliphatic heterocycles. The van der Waals surface area contributed by atoms with Crippen LogP contribution in [-0.4, -0.2) is 20.5 Å². The van der Waals surface area contributed by atoms with E-state index in [1.165, 1.54) is 63.5 Å². The van der Waals surface area contributed by atoms with Crippen molar-refractivity contribution < 1.29 is 0 Å². The van der Waals surface area contributed by atoms with Gasteiger partial charge in [0.15, 0.2) is 5.16 Å². The van der Waals surface area contributed by atoms with E-state index in [0.717, 1.165) is 5.16 Å². The summed E-state index contributed by atoms with van der Waals surface area (Å²) in [4.78, 5) is 4.42. The summed E-state index contributed by atoms with van der Waals surface area (Å²) in [6.07, 6.45) is 13.7. The molecule has 0 spiro atoms. The molecule has 1 aliphatic carbocycles. The molecule has 4 heteroatoms. The van der Waals surface area contributed by atoms with E-state index in [0.29, 0.717) is 6.04 Å². The van der Waals surface area contributed by atoms with Crippen LogP contribution < -0.4 is 0 Å². The predicted octanol–water partition coefficient (Wildman–Crippen LogP) is 4.46. The Hall–Kier alpha value is -0.510. The summed E-state index contributed by atoms with van der Waals surface area (Å²) < 4.78 is 2.18. The first-order valence-electron chi connectivity index (χ1n) is 7.44. The molecule has 0 bridgehead atoms. The Morgan fingerprint density at radius 2 is 2.06 bits per heavy atom. The van der Waals surface area contributed by atoms with Crippen molar-refractivity contribution in [1.29, 1.82) is 0 Å². The van der Waals surface area contributed by atoms with Gasteiger partial charge in [0.2, 0.25) is 0 Å². The Morgan fingerprint density at radius 3 is 2.83 bits per heavy atom. The van der Waals surface area contributed by atoms with Crippen molar-refractivity contribution in [2.75, 3.05) is 5.75 Å². The van der Waals surface area contributed by atoms with Gasteiger partial charge in [-0.3, -0.25) is 0 Å². The molecule has 2 rings (SSSR count). The van der Waals surface area contributed by atoms with E-state index in [1.54, 1.807) is 6.33 Å². The Balaban J connectivity index is 1.79. The fraction of sp³-hybridized carbons (Fsp3) is 0.857. The average Bonchev–Trinajstić information content (AvgIpc) is 2.88. The Morgan fingerprint density at radius 1 is 1.22 bits per heavy atom. The molecule has 0 aromatic carbocycles. The van der Waals surface area contributed by atoms with Gasteiger partial charge in [0.25, 0.3) is 0 Å². The summed E-state index contributed by atoms with van der Waals surface area (Å²) in [6, 6.07) is 0.611. The first kappa shape index (κ1) is 13.9. The van der Waals surface area contributed by atoms with Crippen LogP contribution in [-0.2, 0) is 0 Å². The predicted molar refractivity (Wildman–Crippen MR) is 77.0 cm³/mol. The molecule has 0 amide bonds. The minimum atomic E-state index is 0.611. The molecule has 1 aromatic rings. The van der Waals surface area contributed by atoms with Crippen LogP contribution >= 0.6 is 11.8 Å². The van der Waals surface area contributed by atoms with Gasteiger partial charge in [-0.25, -0.2) is 9.67 Å².